The number of sulfonamides is 1. The molecule has 28 heavy (non-hydrogen) atoms. The molecule has 0 saturated heterocycles. The predicted octanol–water partition coefficient (Wildman–Crippen LogP) is 4.90. The summed E-state index contributed by atoms with van der Waals surface area (Å²) >= 11 is 1.71. The monoisotopic (exact) mass is 414 g/mol. The topological polar surface area (TPSA) is 63.4 Å². The van der Waals surface area contributed by atoms with Gasteiger partial charge in [0.15, 0.2) is 5.76 Å². The Labute approximate surface area is 169 Å². The molecule has 7 heteroatoms. The highest BCUT2D eigenvalue weighted by atomic mass is 32.2. The molecule has 1 aliphatic heterocycles. The first-order valence-corrected chi connectivity index (χ1v) is 11.6. The number of rotatable bonds is 4. The van der Waals surface area contributed by atoms with E-state index in [1.165, 1.54) is 0 Å². The lowest BCUT2D eigenvalue weighted by Gasteiger charge is -2.33. The third-order valence-corrected chi connectivity index (χ3v) is 7.83. The third-order valence-electron chi connectivity index (χ3n) is 4.81. The Morgan fingerprint density at radius 2 is 2.00 bits per heavy atom. The number of thioether (sulfide) groups is 1. The van der Waals surface area contributed by atoms with Crippen LogP contribution in [0.5, 0.6) is 0 Å². The van der Waals surface area contributed by atoms with Gasteiger partial charge in [0.25, 0.3) is 10.0 Å². The number of aromatic nitrogens is 1. The maximum atomic E-state index is 13.7. The van der Waals surface area contributed by atoms with Gasteiger partial charge in [0.1, 0.15) is 0 Å². The maximum absolute atomic E-state index is 13.7. The lowest BCUT2D eigenvalue weighted by atomic mass is 10.1. The molecule has 2 heterocycles. The Morgan fingerprint density at radius 1 is 1.21 bits per heavy atom. The van der Waals surface area contributed by atoms with Crippen molar-refractivity contribution in [1.29, 1.82) is 0 Å². The van der Waals surface area contributed by atoms with Crippen LogP contribution in [0.15, 0.2) is 62.8 Å². The van der Waals surface area contributed by atoms with Crippen LogP contribution in [0.2, 0.25) is 0 Å². The molecule has 146 valence electrons. The Kier molecular flexibility index (Phi) is 4.97. The highest BCUT2D eigenvalue weighted by Crippen LogP contribution is 2.41. The van der Waals surface area contributed by atoms with Crippen LogP contribution in [-0.4, -0.2) is 25.4 Å². The Balaban J connectivity index is 1.85. The second-order valence-corrected chi connectivity index (χ2v) is 10.3. The van der Waals surface area contributed by atoms with E-state index in [9.17, 15) is 8.42 Å². The summed E-state index contributed by atoms with van der Waals surface area (Å²) in [6.45, 7) is 6.31. The second kappa shape index (κ2) is 7.29. The predicted molar refractivity (Wildman–Crippen MR) is 112 cm³/mol. The van der Waals surface area contributed by atoms with E-state index in [0.29, 0.717) is 29.2 Å². The summed E-state index contributed by atoms with van der Waals surface area (Å²) in [6, 6.07) is 15.0. The number of aryl methyl sites for hydroxylation is 2. The molecular formula is C21H22N2O3S2. The molecule has 5 nitrogen and oxygen atoms in total. The molecule has 0 aliphatic carbocycles. The number of hydrogen-bond donors (Lipinski definition) is 0. The average molecular weight is 415 g/mol. The van der Waals surface area contributed by atoms with Crippen LogP contribution in [0.4, 0.5) is 5.69 Å². The summed E-state index contributed by atoms with van der Waals surface area (Å²) in [5.74, 6) is 0.569. The van der Waals surface area contributed by atoms with E-state index in [4.69, 9.17) is 4.52 Å². The van der Waals surface area contributed by atoms with Crippen molar-refractivity contribution in [3.8, 4) is 11.3 Å². The number of nitrogens with zero attached hydrogens (tertiary/aromatic N) is 2. The summed E-state index contributed by atoms with van der Waals surface area (Å²) in [5.41, 5.74) is 3.01. The minimum Gasteiger partial charge on any atom is -0.356 e. The number of anilines is 1. The minimum atomic E-state index is -3.72. The Bertz CT molecular complexity index is 1120. The first-order valence-electron chi connectivity index (χ1n) is 9.25. The van der Waals surface area contributed by atoms with E-state index in [1.54, 1.807) is 22.1 Å². The van der Waals surface area contributed by atoms with Crippen molar-refractivity contribution in [2.24, 2.45) is 0 Å². The zero-order chi connectivity index (χ0) is 19.9. The van der Waals surface area contributed by atoms with Crippen molar-refractivity contribution in [1.82, 2.24) is 5.16 Å². The van der Waals surface area contributed by atoms with Gasteiger partial charge in [-0.3, -0.25) is 4.31 Å². The number of para-hydroxylation sites is 1. The van der Waals surface area contributed by atoms with Gasteiger partial charge in [-0.25, -0.2) is 8.42 Å². The zero-order valence-electron chi connectivity index (χ0n) is 16.0. The van der Waals surface area contributed by atoms with Crippen LogP contribution in [0.3, 0.4) is 0 Å². The Morgan fingerprint density at radius 3 is 2.71 bits per heavy atom. The van der Waals surface area contributed by atoms with Gasteiger partial charge in [-0.05, 0) is 37.1 Å². The number of benzene rings is 2. The van der Waals surface area contributed by atoms with Crippen LogP contribution in [0, 0.1) is 6.92 Å². The van der Waals surface area contributed by atoms with E-state index in [2.05, 4.69) is 12.1 Å². The highest BCUT2D eigenvalue weighted by Gasteiger charge is 2.33. The maximum Gasteiger partial charge on any atom is 0.264 e. The SMILES string of the molecule is CCc1ccc(-c2cc(C)no2)cc1S(=O)(=O)N1C[C@@H](C)Sc2ccccc21. The van der Waals surface area contributed by atoms with E-state index in [-0.39, 0.29) is 5.25 Å². The molecule has 4 rings (SSSR count). The molecule has 0 bridgehead atoms. The Hall–Kier alpha value is -2.25. The zero-order valence-corrected chi connectivity index (χ0v) is 17.7. The summed E-state index contributed by atoms with van der Waals surface area (Å²) in [6.07, 6.45) is 0.629. The quantitative estimate of drug-likeness (QED) is 0.607. The van der Waals surface area contributed by atoms with Gasteiger partial charge < -0.3 is 4.52 Å². The fourth-order valence-electron chi connectivity index (χ4n) is 3.43. The van der Waals surface area contributed by atoms with Crippen LogP contribution in [0.1, 0.15) is 25.1 Å². The molecule has 1 aliphatic rings. The first-order chi connectivity index (χ1) is 13.4. The summed E-state index contributed by atoms with van der Waals surface area (Å²) in [4.78, 5) is 1.32. The summed E-state index contributed by atoms with van der Waals surface area (Å²) < 4.78 is 34.4. The molecule has 3 aromatic rings. The standard InChI is InChI=1S/C21H22N2O3S2/c1-4-16-9-10-17(19-11-14(2)22-26-19)12-21(16)28(24,25)23-13-15(3)27-20-8-6-5-7-18(20)23/h5-12,15H,4,13H2,1-3H3/t15-/m1/s1. The molecule has 0 N–H and O–H groups in total. The second-order valence-electron chi connectivity index (χ2n) is 6.94. The molecule has 0 fully saturated rings. The van der Waals surface area contributed by atoms with Crippen molar-refractivity contribution in [3.05, 3.63) is 59.8 Å². The van der Waals surface area contributed by atoms with Crippen LogP contribution in [0.25, 0.3) is 11.3 Å². The van der Waals surface area contributed by atoms with Gasteiger partial charge >= 0.3 is 0 Å². The van der Waals surface area contributed by atoms with Crippen molar-refractivity contribution in [2.75, 3.05) is 10.8 Å². The molecule has 1 atom stereocenters. The smallest absolute Gasteiger partial charge is 0.264 e. The van der Waals surface area contributed by atoms with Crippen molar-refractivity contribution < 1.29 is 12.9 Å². The fraction of sp³-hybridized carbons (Fsp3) is 0.286. The molecule has 0 spiro atoms. The minimum absolute atomic E-state index is 0.176. The normalized spacial score (nSPS) is 16.8. The lowest BCUT2D eigenvalue weighted by molar-refractivity contribution is 0.427. The first kappa shape index (κ1) is 19.1. The van der Waals surface area contributed by atoms with Gasteiger partial charge in [-0.1, -0.05) is 43.3 Å². The van der Waals surface area contributed by atoms with Crippen molar-refractivity contribution >= 4 is 27.5 Å². The number of hydrogen-bond acceptors (Lipinski definition) is 5. The van der Waals surface area contributed by atoms with Gasteiger partial charge in [-0.15, -0.1) is 11.8 Å². The molecule has 0 unspecified atom stereocenters. The molecule has 2 aromatic carbocycles. The van der Waals surface area contributed by atoms with Crippen molar-refractivity contribution in [2.45, 2.75) is 42.2 Å². The molecule has 1 aromatic heterocycles. The fourth-order valence-corrected chi connectivity index (χ4v) is 6.60. The van der Waals surface area contributed by atoms with Crippen LogP contribution >= 0.6 is 11.8 Å². The van der Waals surface area contributed by atoms with E-state index in [0.717, 1.165) is 21.8 Å². The van der Waals surface area contributed by atoms with Gasteiger partial charge in [-0.2, -0.15) is 0 Å². The highest BCUT2D eigenvalue weighted by molar-refractivity contribution is 8.00. The average Bonchev–Trinajstić information content (AvgIpc) is 3.13. The van der Waals surface area contributed by atoms with E-state index in [1.807, 2.05) is 56.3 Å². The summed E-state index contributed by atoms with van der Waals surface area (Å²) in [5, 5.41) is 4.10. The van der Waals surface area contributed by atoms with Gasteiger partial charge in [0.05, 0.1) is 16.3 Å². The van der Waals surface area contributed by atoms with Gasteiger partial charge in [0.2, 0.25) is 0 Å². The third kappa shape index (κ3) is 3.33. The molecule has 0 saturated carbocycles. The largest absolute Gasteiger partial charge is 0.356 e. The van der Waals surface area contributed by atoms with E-state index >= 15 is 0 Å². The van der Waals surface area contributed by atoms with Crippen molar-refractivity contribution in [3.63, 3.8) is 0 Å². The molecule has 0 radical (unpaired) electrons. The van der Waals surface area contributed by atoms with Gasteiger partial charge in [0, 0.05) is 28.3 Å². The molecular weight excluding hydrogens is 392 g/mol. The summed E-state index contributed by atoms with van der Waals surface area (Å²) in [7, 11) is -3.72. The lowest BCUT2D eigenvalue weighted by Crippen LogP contribution is -2.38. The molecule has 0 amide bonds. The van der Waals surface area contributed by atoms with Crippen LogP contribution < -0.4 is 4.31 Å². The van der Waals surface area contributed by atoms with Crippen LogP contribution in [-0.2, 0) is 16.4 Å². The number of fused-ring (bicyclic) bond motifs is 1. The van der Waals surface area contributed by atoms with E-state index < -0.39 is 10.0 Å².